The molecular weight excluding hydrogens is 334 g/mol. The molecular formula is C19H21N3O4. The van der Waals surface area contributed by atoms with Gasteiger partial charge in [0.2, 0.25) is 5.91 Å². The molecule has 0 aromatic heterocycles. The molecule has 2 rings (SSSR count). The zero-order chi connectivity index (χ0) is 19.5. The summed E-state index contributed by atoms with van der Waals surface area (Å²) in [5.74, 6) is -0.579. The maximum atomic E-state index is 12.5. The lowest BCUT2D eigenvalue weighted by Crippen LogP contribution is -2.27. The van der Waals surface area contributed by atoms with Crippen molar-refractivity contribution >= 4 is 28.9 Å². The van der Waals surface area contributed by atoms with E-state index in [1.165, 1.54) is 12.1 Å². The molecule has 0 saturated heterocycles. The molecule has 0 bridgehead atoms. The molecule has 136 valence electrons. The van der Waals surface area contributed by atoms with E-state index in [0.717, 1.165) is 0 Å². The Labute approximate surface area is 151 Å². The zero-order valence-corrected chi connectivity index (χ0v) is 15.1. The number of hydrogen-bond acceptors (Lipinski definition) is 4. The molecule has 7 nitrogen and oxygen atoms in total. The fourth-order valence-corrected chi connectivity index (χ4v) is 2.21. The lowest BCUT2D eigenvalue weighted by molar-refractivity contribution is -0.385. The molecule has 0 unspecified atom stereocenters. The molecule has 0 aliphatic heterocycles. The van der Waals surface area contributed by atoms with Crippen LogP contribution in [0.3, 0.4) is 0 Å². The Kier molecular flexibility index (Phi) is 5.40. The first-order valence-corrected chi connectivity index (χ1v) is 8.06. The molecule has 0 fully saturated rings. The standard InChI is InChI=1S/C19H21N3O4/c1-12-15(9-6-10-16(12)22(25)26)21-17(23)13-7-5-8-14(11-13)20-18(24)19(2,3)4/h5-11H,1-4H3,(H,20,24)(H,21,23). The lowest BCUT2D eigenvalue weighted by atomic mass is 9.95. The highest BCUT2D eigenvalue weighted by Crippen LogP contribution is 2.26. The molecule has 2 aromatic rings. The molecule has 0 atom stereocenters. The second-order valence-electron chi connectivity index (χ2n) is 6.95. The third kappa shape index (κ3) is 4.44. The molecule has 7 heteroatoms. The Morgan fingerprint density at radius 2 is 1.69 bits per heavy atom. The number of rotatable bonds is 4. The van der Waals surface area contributed by atoms with Gasteiger partial charge < -0.3 is 10.6 Å². The topological polar surface area (TPSA) is 101 Å². The summed E-state index contributed by atoms with van der Waals surface area (Å²) < 4.78 is 0. The largest absolute Gasteiger partial charge is 0.326 e. The minimum Gasteiger partial charge on any atom is -0.326 e. The van der Waals surface area contributed by atoms with Crippen LogP contribution in [0.15, 0.2) is 42.5 Å². The van der Waals surface area contributed by atoms with Gasteiger partial charge in [0, 0.05) is 22.7 Å². The number of amides is 2. The van der Waals surface area contributed by atoms with E-state index in [1.54, 1.807) is 58.0 Å². The van der Waals surface area contributed by atoms with Gasteiger partial charge >= 0.3 is 0 Å². The average molecular weight is 355 g/mol. The molecule has 0 saturated carbocycles. The Hall–Kier alpha value is -3.22. The number of carbonyl (C=O) groups excluding carboxylic acids is 2. The van der Waals surface area contributed by atoms with E-state index in [4.69, 9.17) is 0 Å². The molecule has 2 N–H and O–H groups in total. The number of nitrogens with one attached hydrogen (secondary N) is 2. The monoisotopic (exact) mass is 355 g/mol. The van der Waals surface area contributed by atoms with E-state index < -0.39 is 16.2 Å². The summed E-state index contributed by atoms with van der Waals surface area (Å²) in [7, 11) is 0. The van der Waals surface area contributed by atoms with E-state index in [0.29, 0.717) is 22.5 Å². The fraction of sp³-hybridized carbons (Fsp3) is 0.263. The maximum Gasteiger partial charge on any atom is 0.274 e. The summed E-state index contributed by atoms with van der Waals surface area (Å²) in [4.78, 5) is 35.1. The van der Waals surface area contributed by atoms with Gasteiger partial charge in [0.1, 0.15) is 0 Å². The number of hydrogen-bond donors (Lipinski definition) is 2. The number of nitro benzene ring substituents is 1. The first-order chi connectivity index (χ1) is 12.1. The van der Waals surface area contributed by atoms with Crippen LogP contribution in [0.1, 0.15) is 36.7 Å². The van der Waals surface area contributed by atoms with E-state index in [-0.39, 0.29) is 11.6 Å². The van der Waals surface area contributed by atoms with Crippen molar-refractivity contribution in [1.82, 2.24) is 0 Å². The first-order valence-electron chi connectivity index (χ1n) is 8.06. The SMILES string of the molecule is Cc1c(NC(=O)c2cccc(NC(=O)C(C)(C)C)c2)cccc1[N+](=O)[O-]. The molecule has 2 amide bonds. The van der Waals surface area contributed by atoms with Crippen molar-refractivity contribution in [3.8, 4) is 0 Å². The Bertz CT molecular complexity index is 869. The van der Waals surface area contributed by atoms with Crippen molar-refractivity contribution in [3.05, 3.63) is 63.7 Å². The van der Waals surface area contributed by atoms with Gasteiger partial charge in [0.05, 0.1) is 16.2 Å². The van der Waals surface area contributed by atoms with Gasteiger partial charge in [0.15, 0.2) is 0 Å². The van der Waals surface area contributed by atoms with E-state index in [1.807, 2.05) is 0 Å². The van der Waals surface area contributed by atoms with Crippen LogP contribution in [0, 0.1) is 22.5 Å². The van der Waals surface area contributed by atoms with Crippen molar-refractivity contribution in [2.45, 2.75) is 27.7 Å². The molecule has 0 radical (unpaired) electrons. The molecule has 0 spiro atoms. The van der Waals surface area contributed by atoms with Gasteiger partial charge in [-0.3, -0.25) is 19.7 Å². The molecule has 0 aliphatic rings. The second-order valence-corrected chi connectivity index (χ2v) is 6.95. The lowest BCUT2D eigenvalue weighted by Gasteiger charge is -2.18. The van der Waals surface area contributed by atoms with Crippen molar-refractivity contribution in [2.24, 2.45) is 5.41 Å². The van der Waals surface area contributed by atoms with Gasteiger partial charge in [-0.1, -0.05) is 32.9 Å². The van der Waals surface area contributed by atoms with E-state index in [9.17, 15) is 19.7 Å². The van der Waals surface area contributed by atoms with Crippen LogP contribution >= 0.6 is 0 Å². The molecule has 0 heterocycles. The molecule has 0 aliphatic carbocycles. The van der Waals surface area contributed by atoms with Crippen molar-refractivity contribution < 1.29 is 14.5 Å². The molecule has 2 aromatic carbocycles. The number of benzene rings is 2. The fourth-order valence-electron chi connectivity index (χ4n) is 2.21. The quantitative estimate of drug-likeness (QED) is 0.635. The van der Waals surface area contributed by atoms with Crippen LogP contribution in [-0.4, -0.2) is 16.7 Å². The van der Waals surface area contributed by atoms with Gasteiger partial charge in [-0.2, -0.15) is 0 Å². The zero-order valence-electron chi connectivity index (χ0n) is 15.1. The number of anilines is 2. The van der Waals surface area contributed by atoms with Crippen LogP contribution in [0.5, 0.6) is 0 Å². The van der Waals surface area contributed by atoms with Crippen molar-refractivity contribution in [2.75, 3.05) is 10.6 Å². The van der Waals surface area contributed by atoms with Gasteiger partial charge in [0.25, 0.3) is 11.6 Å². The molecule has 26 heavy (non-hydrogen) atoms. The summed E-state index contributed by atoms with van der Waals surface area (Å²) in [5, 5.41) is 16.5. The second kappa shape index (κ2) is 7.35. The highest BCUT2D eigenvalue weighted by molar-refractivity contribution is 6.06. The third-order valence-electron chi connectivity index (χ3n) is 3.81. The van der Waals surface area contributed by atoms with Crippen molar-refractivity contribution in [1.29, 1.82) is 0 Å². The van der Waals surface area contributed by atoms with E-state index in [2.05, 4.69) is 10.6 Å². The number of carbonyl (C=O) groups is 2. The average Bonchev–Trinajstić information content (AvgIpc) is 2.55. The minimum absolute atomic E-state index is 0.0611. The summed E-state index contributed by atoms with van der Waals surface area (Å²) in [6, 6.07) is 11.0. The number of nitro groups is 1. The predicted molar refractivity (Wildman–Crippen MR) is 100 cm³/mol. The van der Waals surface area contributed by atoms with Crippen LogP contribution in [0.2, 0.25) is 0 Å². The summed E-state index contributed by atoms with van der Waals surface area (Å²) in [5.41, 5.74) is 0.972. The van der Waals surface area contributed by atoms with Gasteiger partial charge in [-0.05, 0) is 31.2 Å². The van der Waals surface area contributed by atoms with Crippen molar-refractivity contribution in [3.63, 3.8) is 0 Å². The van der Waals surface area contributed by atoms with Crippen LogP contribution < -0.4 is 10.6 Å². The Morgan fingerprint density at radius 3 is 2.31 bits per heavy atom. The Morgan fingerprint density at radius 1 is 1.04 bits per heavy atom. The number of nitrogens with zero attached hydrogens (tertiary/aromatic N) is 1. The van der Waals surface area contributed by atoms with Crippen LogP contribution in [0.4, 0.5) is 17.1 Å². The highest BCUT2D eigenvalue weighted by Gasteiger charge is 2.21. The van der Waals surface area contributed by atoms with E-state index >= 15 is 0 Å². The highest BCUT2D eigenvalue weighted by atomic mass is 16.6. The summed E-state index contributed by atoms with van der Waals surface area (Å²) >= 11 is 0. The predicted octanol–water partition coefficient (Wildman–Crippen LogP) is 4.14. The first kappa shape index (κ1) is 19.1. The van der Waals surface area contributed by atoms with Gasteiger partial charge in [-0.15, -0.1) is 0 Å². The third-order valence-corrected chi connectivity index (χ3v) is 3.81. The normalized spacial score (nSPS) is 10.9. The summed E-state index contributed by atoms with van der Waals surface area (Å²) in [6.45, 7) is 6.96. The minimum atomic E-state index is -0.557. The summed E-state index contributed by atoms with van der Waals surface area (Å²) in [6.07, 6.45) is 0. The van der Waals surface area contributed by atoms with Gasteiger partial charge in [-0.25, -0.2) is 0 Å². The van der Waals surface area contributed by atoms with Crippen LogP contribution in [0.25, 0.3) is 0 Å². The smallest absolute Gasteiger partial charge is 0.274 e. The maximum absolute atomic E-state index is 12.5. The Balaban J connectivity index is 2.21. The van der Waals surface area contributed by atoms with Crippen LogP contribution in [-0.2, 0) is 4.79 Å².